The first-order valence-corrected chi connectivity index (χ1v) is 11.2. The monoisotopic (exact) mass is 440 g/mol. The van der Waals surface area contributed by atoms with Crippen molar-refractivity contribution in [3.63, 3.8) is 0 Å². The molecule has 7 N–H and O–H groups in total. The van der Waals surface area contributed by atoms with Crippen LogP contribution in [0.25, 0.3) is 0 Å². The van der Waals surface area contributed by atoms with Crippen LogP contribution in [0.3, 0.4) is 0 Å². The number of primary sulfonamides is 1. The standard InChI is InChI=1S/C16H32N4O6S2/c1-5-9(4)12(16(23)24)20-14(21)11(8(2)3)19-15(22)13(27)10(17)6-7-28(18,25)26/h8-13,27H,5-7,17H2,1-4H3,(H,19,22)(H,20,21)(H,23,24)(H2,18,25,26). The third-order valence-corrected chi connectivity index (χ3v) is 5.86. The Balaban J connectivity index is 5.11. The zero-order chi connectivity index (χ0) is 22.2. The molecular formula is C16H32N4O6S2. The predicted octanol–water partition coefficient (Wildman–Crippen LogP) is -0.953. The maximum Gasteiger partial charge on any atom is 0.326 e. The molecule has 0 aliphatic rings. The molecule has 5 atom stereocenters. The van der Waals surface area contributed by atoms with Gasteiger partial charge < -0.3 is 21.5 Å². The average Bonchev–Trinajstić information content (AvgIpc) is 2.58. The lowest BCUT2D eigenvalue weighted by Crippen LogP contribution is -2.57. The Morgan fingerprint density at radius 2 is 1.57 bits per heavy atom. The van der Waals surface area contributed by atoms with Crippen LogP contribution < -0.4 is 21.5 Å². The summed E-state index contributed by atoms with van der Waals surface area (Å²) < 4.78 is 22.0. The van der Waals surface area contributed by atoms with Crippen LogP contribution in [-0.4, -0.2) is 60.4 Å². The Morgan fingerprint density at radius 1 is 1.07 bits per heavy atom. The lowest BCUT2D eigenvalue weighted by atomic mass is 9.97. The summed E-state index contributed by atoms with van der Waals surface area (Å²) in [5.41, 5.74) is 5.80. The number of nitrogens with two attached hydrogens (primary N) is 2. The molecule has 12 heteroatoms. The topological polar surface area (TPSA) is 182 Å². The first-order chi connectivity index (χ1) is 12.7. The van der Waals surface area contributed by atoms with Crippen LogP contribution in [0.2, 0.25) is 0 Å². The van der Waals surface area contributed by atoms with Crippen LogP contribution in [0.5, 0.6) is 0 Å². The Morgan fingerprint density at radius 3 is 1.96 bits per heavy atom. The predicted molar refractivity (Wildman–Crippen MR) is 109 cm³/mol. The lowest BCUT2D eigenvalue weighted by Gasteiger charge is -2.28. The molecule has 5 unspecified atom stereocenters. The normalized spacial score (nSPS) is 17.3. The van der Waals surface area contributed by atoms with E-state index in [0.717, 1.165) is 0 Å². The number of carbonyl (C=O) groups excluding carboxylic acids is 2. The van der Waals surface area contributed by atoms with Gasteiger partial charge in [-0.2, -0.15) is 12.6 Å². The van der Waals surface area contributed by atoms with E-state index in [2.05, 4.69) is 23.3 Å². The number of carbonyl (C=O) groups is 3. The highest BCUT2D eigenvalue weighted by Crippen LogP contribution is 2.12. The number of rotatable bonds is 12. The van der Waals surface area contributed by atoms with Gasteiger partial charge in [-0.3, -0.25) is 9.59 Å². The summed E-state index contributed by atoms with van der Waals surface area (Å²) in [6, 6.07) is -2.98. The van der Waals surface area contributed by atoms with Gasteiger partial charge in [-0.15, -0.1) is 0 Å². The minimum Gasteiger partial charge on any atom is -0.480 e. The number of nitrogens with one attached hydrogen (secondary N) is 2. The average molecular weight is 441 g/mol. The van der Waals surface area contributed by atoms with E-state index in [-0.39, 0.29) is 18.3 Å². The van der Waals surface area contributed by atoms with Gasteiger partial charge in [0.1, 0.15) is 12.1 Å². The van der Waals surface area contributed by atoms with Gasteiger partial charge in [-0.1, -0.05) is 34.1 Å². The maximum absolute atomic E-state index is 12.6. The second-order valence-corrected chi connectivity index (χ2v) is 9.49. The molecule has 0 saturated heterocycles. The van der Waals surface area contributed by atoms with Crippen LogP contribution in [0.1, 0.15) is 40.5 Å². The molecule has 0 aromatic rings. The van der Waals surface area contributed by atoms with Crippen LogP contribution in [-0.2, 0) is 24.4 Å². The van der Waals surface area contributed by atoms with Crippen LogP contribution in [0.4, 0.5) is 0 Å². The molecule has 0 aromatic carbocycles. The fourth-order valence-corrected chi connectivity index (χ4v) is 3.18. The van der Waals surface area contributed by atoms with Crippen molar-refractivity contribution in [2.45, 2.75) is 63.9 Å². The van der Waals surface area contributed by atoms with Crippen LogP contribution >= 0.6 is 12.6 Å². The number of carboxylic acid groups (broad SMARTS) is 1. The molecule has 0 bridgehead atoms. The van der Waals surface area contributed by atoms with Crippen molar-refractivity contribution >= 4 is 40.4 Å². The number of hydrogen-bond acceptors (Lipinski definition) is 7. The summed E-state index contributed by atoms with van der Waals surface area (Å²) in [5, 5.41) is 18.1. The summed E-state index contributed by atoms with van der Waals surface area (Å²) >= 11 is 4.11. The van der Waals surface area contributed by atoms with Crippen molar-refractivity contribution in [2.24, 2.45) is 22.7 Å². The smallest absolute Gasteiger partial charge is 0.326 e. The Labute approximate surface area is 171 Å². The van der Waals surface area contributed by atoms with E-state index in [1.807, 2.05) is 6.92 Å². The number of hydrogen-bond donors (Lipinski definition) is 6. The second kappa shape index (κ2) is 11.6. The van der Waals surface area contributed by atoms with E-state index in [1.54, 1.807) is 20.8 Å². The number of carboxylic acids is 1. The molecule has 10 nitrogen and oxygen atoms in total. The minimum atomic E-state index is -3.73. The molecule has 164 valence electrons. The van der Waals surface area contributed by atoms with E-state index in [4.69, 9.17) is 10.9 Å². The van der Waals surface area contributed by atoms with Crippen LogP contribution in [0.15, 0.2) is 0 Å². The van der Waals surface area contributed by atoms with E-state index >= 15 is 0 Å². The molecular weight excluding hydrogens is 408 g/mol. The summed E-state index contributed by atoms with van der Waals surface area (Å²) in [5.74, 6) is -3.48. The number of amides is 2. The van der Waals surface area contributed by atoms with Gasteiger partial charge in [0.2, 0.25) is 21.8 Å². The number of thiol groups is 1. The third-order valence-electron chi connectivity index (χ3n) is 4.43. The van der Waals surface area contributed by atoms with Gasteiger partial charge in [-0.05, 0) is 18.3 Å². The third kappa shape index (κ3) is 9.22. The molecule has 0 spiro atoms. The summed E-state index contributed by atoms with van der Waals surface area (Å²) in [4.78, 5) is 36.4. The fourth-order valence-electron chi connectivity index (χ4n) is 2.35. The van der Waals surface area contributed by atoms with Crippen molar-refractivity contribution in [1.82, 2.24) is 10.6 Å². The Hall–Kier alpha value is -1.37. The van der Waals surface area contributed by atoms with E-state index < -0.39 is 56.9 Å². The van der Waals surface area contributed by atoms with Crippen LogP contribution in [0, 0.1) is 11.8 Å². The van der Waals surface area contributed by atoms with Gasteiger partial charge in [0.25, 0.3) is 0 Å². The highest BCUT2D eigenvalue weighted by Gasteiger charge is 2.33. The molecule has 0 saturated carbocycles. The molecule has 0 radical (unpaired) electrons. The zero-order valence-electron chi connectivity index (χ0n) is 16.6. The molecule has 0 fully saturated rings. The van der Waals surface area contributed by atoms with Gasteiger partial charge in [0, 0.05) is 6.04 Å². The summed E-state index contributed by atoms with van der Waals surface area (Å²) in [6.45, 7) is 6.90. The summed E-state index contributed by atoms with van der Waals surface area (Å²) in [6.07, 6.45) is 0.474. The fraction of sp³-hybridized carbons (Fsp3) is 0.812. The molecule has 2 amide bonds. The van der Waals surface area contributed by atoms with Crippen molar-refractivity contribution in [3.05, 3.63) is 0 Å². The maximum atomic E-state index is 12.6. The first kappa shape index (κ1) is 26.6. The molecule has 0 aliphatic heterocycles. The van der Waals surface area contributed by atoms with Gasteiger partial charge in [0.05, 0.1) is 11.0 Å². The second-order valence-electron chi connectivity index (χ2n) is 7.20. The molecule has 0 heterocycles. The van der Waals surface area contributed by atoms with E-state index in [1.165, 1.54) is 0 Å². The molecule has 0 rings (SSSR count). The van der Waals surface area contributed by atoms with Crippen molar-refractivity contribution < 1.29 is 27.9 Å². The van der Waals surface area contributed by atoms with E-state index in [9.17, 15) is 27.9 Å². The van der Waals surface area contributed by atoms with E-state index in [0.29, 0.717) is 6.42 Å². The quantitative estimate of drug-likeness (QED) is 0.211. The zero-order valence-corrected chi connectivity index (χ0v) is 18.3. The highest BCUT2D eigenvalue weighted by atomic mass is 32.2. The van der Waals surface area contributed by atoms with Crippen molar-refractivity contribution in [2.75, 3.05) is 5.75 Å². The highest BCUT2D eigenvalue weighted by molar-refractivity contribution is 7.89. The Bertz CT molecular complexity index is 656. The van der Waals surface area contributed by atoms with Gasteiger partial charge in [0.15, 0.2) is 0 Å². The number of aliphatic carboxylic acids is 1. The lowest BCUT2D eigenvalue weighted by molar-refractivity contribution is -0.144. The van der Waals surface area contributed by atoms with Gasteiger partial charge >= 0.3 is 5.97 Å². The first-order valence-electron chi connectivity index (χ1n) is 8.98. The molecule has 28 heavy (non-hydrogen) atoms. The Kier molecular flexibility index (Phi) is 11.0. The number of sulfonamides is 1. The molecule has 0 aromatic heterocycles. The van der Waals surface area contributed by atoms with Crippen molar-refractivity contribution in [3.8, 4) is 0 Å². The van der Waals surface area contributed by atoms with Crippen molar-refractivity contribution in [1.29, 1.82) is 0 Å². The largest absolute Gasteiger partial charge is 0.480 e. The van der Waals surface area contributed by atoms with Gasteiger partial charge in [-0.25, -0.2) is 18.4 Å². The summed E-state index contributed by atoms with van der Waals surface area (Å²) in [7, 11) is -3.73. The minimum absolute atomic E-state index is 0.0753. The molecule has 0 aliphatic carbocycles. The SMILES string of the molecule is CCC(C)C(NC(=O)C(NC(=O)C(S)C(N)CCS(N)(=O)=O)C(C)C)C(=O)O.